The molecule has 0 fully saturated rings. The van der Waals surface area contributed by atoms with Crippen LogP contribution in [0.15, 0.2) is 0 Å². The van der Waals surface area contributed by atoms with E-state index in [1.54, 1.807) is 0 Å². The minimum atomic E-state index is -0.333. The molecule has 0 aromatic carbocycles. The molecule has 0 bridgehead atoms. The lowest BCUT2D eigenvalue weighted by molar-refractivity contribution is -0.178. The van der Waals surface area contributed by atoms with Gasteiger partial charge in [0.15, 0.2) is 0 Å². The van der Waals surface area contributed by atoms with Crippen molar-refractivity contribution in [3.8, 4) is 0 Å². The van der Waals surface area contributed by atoms with E-state index in [0.29, 0.717) is 6.61 Å². The molecule has 0 spiro atoms. The fourth-order valence-corrected chi connectivity index (χ4v) is 1.81. The van der Waals surface area contributed by atoms with E-state index in [4.69, 9.17) is 9.47 Å². The van der Waals surface area contributed by atoms with E-state index in [9.17, 15) is 4.79 Å². The molecular formula is C15H30O3. The summed E-state index contributed by atoms with van der Waals surface area (Å²) in [6.45, 7) is 6.47. The fraction of sp³-hybridized carbons (Fsp3) is 0.933. The molecule has 0 rings (SSSR count). The third-order valence-corrected chi connectivity index (χ3v) is 2.89. The van der Waals surface area contributed by atoms with Crippen LogP contribution < -0.4 is 0 Å². The first-order chi connectivity index (χ1) is 8.70. The summed E-state index contributed by atoms with van der Waals surface area (Å²) in [4.78, 5) is 11.0. The van der Waals surface area contributed by atoms with Crippen molar-refractivity contribution in [3.05, 3.63) is 0 Å². The zero-order valence-corrected chi connectivity index (χ0v) is 12.4. The smallest absolute Gasteiger partial charge is 0.304 e. The van der Waals surface area contributed by atoms with Crippen molar-refractivity contribution in [2.24, 2.45) is 0 Å². The molecule has 0 saturated carbocycles. The molecule has 18 heavy (non-hydrogen) atoms. The summed E-state index contributed by atoms with van der Waals surface area (Å²) in [5.41, 5.74) is 0. The summed E-state index contributed by atoms with van der Waals surface area (Å²) in [5.74, 6) is -0.248. The summed E-state index contributed by atoms with van der Waals surface area (Å²) >= 11 is 0. The molecule has 1 unspecified atom stereocenters. The standard InChI is InChI=1S/C15H30O3/c1-4-6-8-9-10-11-12-15(18-14(3)16)17-13-7-5-2/h15H,4-13H2,1-3H3. The van der Waals surface area contributed by atoms with Gasteiger partial charge in [-0.2, -0.15) is 0 Å². The van der Waals surface area contributed by atoms with E-state index in [1.165, 1.54) is 39.0 Å². The van der Waals surface area contributed by atoms with Crippen molar-refractivity contribution in [2.45, 2.75) is 84.8 Å². The van der Waals surface area contributed by atoms with Gasteiger partial charge in [0.25, 0.3) is 0 Å². The third-order valence-electron chi connectivity index (χ3n) is 2.89. The van der Waals surface area contributed by atoms with Gasteiger partial charge in [-0.25, -0.2) is 0 Å². The van der Waals surface area contributed by atoms with Crippen LogP contribution in [0.1, 0.15) is 78.6 Å². The minimum Gasteiger partial charge on any atom is -0.436 e. The Kier molecular flexibility index (Phi) is 12.5. The Morgan fingerprint density at radius 2 is 1.56 bits per heavy atom. The van der Waals surface area contributed by atoms with Gasteiger partial charge < -0.3 is 9.47 Å². The fourth-order valence-electron chi connectivity index (χ4n) is 1.81. The Bertz CT molecular complexity index is 192. The number of ether oxygens (including phenoxy) is 2. The molecule has 0 N–H and O–H groups in total. The molecule has 3 nitrogen and oxygen atoms in total. The second-order valence-electron chi connectivity index (χ2n) is 4.82. The molecule has 0 aliphatic heterocycles. The van der Waals surface area contributed by atoms with Gasteiger partial charge in [0.05, 0.1) is 6.61 Å². The Labute approximate surface area is 112 Å². The van der Waals surface area contributed by atoms with Crippen LogP contribution in [0.3, 0.4) is 0 Å². The average molecular weight is 258 g/mol. The Balaban J connectivity index is 3.61. The van der Waals surface area contributed by atoms with Crippen LogP contribution in [0.5, 0.6) is 0 Å². The van der Waals surface area contributed by atoms with Crippen molar-refractivity contribution in [3.63, 3.8) is 0 Å². The molecule has 3 heteroatoms. The summed E-state index contributed by atoms with van der Waals surface area (Å²) < 4.78 is 10.7. The Hall–Kier alpha value is -0.570. The van der Waals surface area contributed by atoms with Gasteiger partial charge in [-0.15, -0.1) is 0 Å². The molecule has 0 amide bonds. The monoisotopic (exact) mass is 258 g/mol. The Morgan fingerprint density at radius 1 is 0.944 bits per heavy atom. The van der Waals surface area contributed by atoms with Gasteiger partial charge in [0.2, 0.25) is 6.29 Å². The number of hydrogen-bond acceptors (Lipinski definition) is 3. The van der Waals surface area contributed by atoms with Crippen molar-refractivity contribution in [1.29, 1.82) is 0 Å². The number of esters is 1. The number of carbonyl (C=O) groups is 1. The van der Waals surface area contributed by atoms with Crippen molar-refractivity contribution in [2.75, 3.05) is 6.61 Å². The summed E-state index contributed by atoms with van der Waals surface area (Å²) in [7, 11) is 0. The number of rotatable bonds is 12. The zero-order chi connectivity index (χ0) is 13.6. The normalized spacial score (nSPS) is 12.4. The van der Waals surface area contributed by atoms with Gasteiger partial charge in [-0.05, 0) is 12.8 Å². The van der Waals surface area contributed by atoms with Crippen LogP contribution in [0.4, 0.5) is 0 Å². The van der Waals surface area contributed by atoms with E-state index in [2.05, 4.69) is 13.8 Å². The van der Waals surface area contributed by atoms with Gasteiger partial charge in [-0.1, -0.05) is 52.4 Å². The lowest BCUT2D eigenvalue weighted by Gasteiger charge is -2.17. The number of unbranched alkanes of at least 4 members (excludes halogenated alkanes) is 6. The number of carbonyl (C=O) groups excluding carboxylic acids is 1. The van der Waals surface area contributed by atoms with Crippen LogP contribution in [-0.4, -0.2) is 18.9 Å². The molecule has 0 aliphatic rings. The largest absolute Gasteiger partial charge is 0.436 e. The Morgan fingerprint density at radius 3 is 2.17 bits per heavy atom. The summed E-state index contributed by atoms with van der Waals surface area (Å²) in [5, 5.41) is 0. The van der Waals surface area contributed by atoms with Crippen molar-refractivity contribution in [1.82, 2.24) is 0 Å². The molecular weight excluding hydrogens is 228 g/mol. The molecule has 1 atom stereocenters. The molecule has 0 aliphatic carbocycles. The highest BCUT2D eigenvalue weighted by Gasteiger charge is 2.11. The van der Waals surface area contributed by atoms with Crippen molar-refractivity contribution < 1.29 is 14.3 Å². The first-order valence-electron chi connectivity index (χ1n) is 7.49. The SMILES string of the molecule is CCCCCCCCC(OCCCC)OC(C)=O. The highest BCUT2D eigenvalue weighted by molar-refractivity contribution is 5.66. The number of hydrogen-bond donors (Lipinski definition) is 0. The maximum absolute atomic E-state index is 11.0. The molecule has 0 radical (unpaired) electrons. The maximum Gasteiger partial charge on any atom is 0.304 e. The lowest BCUT2D eigenvalue weighted by atomic mass is 10.1. The summed E-state index contributed by atoms with van der Waals surface area (Å²) in [6, 6.07) is 0. The first kappa shape index (κ1) is 17.4. The molecule has 0 aromatic rings. The van der Waals surface area contributed by atoms with Gasteiger partial charge in [-0.3, -0.25) is 4.79 Å². The minimum absolute atomic E-state index is 0.248. The predicted octanol–water partition coefficient (Wildman–Crippen LogP) is 4.44. The quantitative estimate of drug-likeness (QED) is 0.295. The third kappa shape index (κ3) is 11.9. The van der Waals surface area contributed by atoms with Crippen LogP contribution in [-0.2, 0) is 14.3 Å². The first-order valence-corrected chi connectivity index (χ1v) is 7.49. The van der Waals surface area contributed by atoms with Gasteiger partial charge in [0.1, 0.15) is 0 Å². The van der Waals surface area contributed by atoms with E-state index < -0.39 is 0 Å². The van der Waals surface area contributed by atoms with Crippen LogP contribution in [0, 0.1) is 0 Å². The van der Waals surface area contributed by atoms with E-state index >= 15 is 0 Å². The molecule has 0 aromatic heterocycles. The summed E-state index contributed by atoms with van der Waals surface area (Å²) in [6.07, 6.45) is 10.1. The van der Waals surface area contributed by atoms with E-state index in [0.717, 1.165) is 25.7 Å². The molecule has 108 valence electrons. The average Bonchev–Trinajstić information content (AvgIpc) is 2.33. The van der Waals surface area contributed by atoms with Gasteiger partial charge in [0, 0.05) is 13.3 Å². The second kappa shape index (κ2) is 12.9. The second-order valence-corrected chi connectivity index (χ2v) is 4.82. The van der Waals surface area contributed by atoms with Crippen LogP contribution >= 0.6 is 0 Å². The van der Waals surface area contributed by atoms with Crippen molar-refractivity contribution >= 4 is 5.97 Å². The highest BCUT2D eigenvalue weighted by Crippen LogP contribution is 2.12. The van der Waals surface area contributed by atoms with E-state index in [1.807, 2.05) is 0 Å². The molecule has 0 heterocycles. The zero-order valence-electron chi connectivity index (χ0n) is 12.4. The highest BCUT2D eigenvalue weighted by atomic mass is 16.7. The van der Waals surface area contributed by atoms with Gasteiger partial charge >= 0.3 is 5.97 Å². The van der Waals surface area contributed by atoms with E-state index in [-0.39, 0.29) is 12.3 Å². The lowest BCUT2D eigenvalue weighted by Crippen LogP contribution is -2.20. The topological polar surface area (TPSA) is 35.5 Å². The maximum atomic E-state index is 11.0. The molecule has 0 saturated heterocycles. The van der Waals surface area contributed by atoms with Crippen LogP contribution in [0.25, 0.3) is 0 Å². The predicted molar refractivity (Wildman–Crippen MR) is 74.4 cm³/mol. The van der Waals surface area contributed by atoms with Crippen LogP contribution in [0.2, 0.25) is 0 Å².